The predicted octanol–water partition coefficient (Wildman–Crippen LogP) is 1.99. The Morgan fingerprint density at radius 3 is 3.00 bits per heavy atom. The lowest BCUT2D eigenvalue weighted by atomic mass is 10.1. The minimum Gasteiger partial charge on any atom is -0.349 e. The number of nitrogens with zero attached hydrogens (tertiary/aromatic N) is 2. The average molecular weight is 330 g/mol. The average Bonchev–Trinajstić information content (AvgIpc) is 3.07. The van der Waals surface area contributed by atoms with E-state index in [1.165, 1.54) is 9.56 Å². The number of amides is 1. The van der Waals surface area contributed by atoms with E-state index in [0.29, 0.717) is 22.3 Å². The highest BCUT2D eigenvalue weighted by atomic mass is 32.1. The number of aromatic amines is 1. The molecule has 0 fully saturated rings. The maximum Gasteiger partial charge on any atom is 0.274 e. The molecule has 0 aliphatic carbocycles. The number of carbonyl (C=O) groups is 1. The first-order chi connectivity index (χ1) is 11.0. The molecular formula is C16H18N4O2S. The fourth-order valence-electron chi connectivity index (χ4n) is 2.65. The van der Waals surface area contributed by atoms with Gasteiger partial charge in [0.1, 0.15) is 0 Å². The molecule has 3 aromatic rings. The van der Waals surface area contributed by atoms with Gasteiger partial charge in [0.25, 0.3) is 11.5 Å². The van der Waals surface area contributed by atoms with Crippen molar-refractivity contribution in [2.75, 3.05) is 0 Å². The smallest absolute Gasteiger partial charge is 0.274 e. The van der Waals surface area contributed by atoms with Crippen LogP contribution in [0.3, 0.4) is 0 Å². The standard InChI is InChI=1S/C16H18N4O2S/c1-9(7-11-5-4-6-23-11)18-15(21)12-8-10(2)17-14-13(12)16(22)19-20(14)3/h4-6,8-9H,7H2,1-3H3,(H,18,21)(H,19,22)/t9-/m1/s1. The molecule has 0 saturated carbocycles. The summed E-state index contributed by atoms with van der Waals surface area (Å²) in [5.41, 5.74) is 1.26. The SMILES string of the molecule is Cc1cc(C(=O)N[C@H](C)Cc2cccs2)c2c(=O)[nH]n(C)c2n1. The first kappa shape index (κ1) is 15.5. The minimum atomic E-state index is -0.300. The van der Waals surface area contributed by atoms with Crippen molar-refractivity contribution in [3.8, 4) is 0 Å². The number of nitrogens with one attached hydrogen (secondary N) is 2. The molecule has 2 N–H and O–H groups in total. The molecule has 3 rings (SSSR count). The van der Waals surface area contributed by atoms with Crippen LogP contribution in [0.15, 0.2) is 28.4 Å². The monoisotopic (exact) mass is 330 g/mol. The van der Waals surface area contributed by atoms with Gasteiger partial charge in [-0.1, -0.05) is 6.07 Å². The van der Waals surface area contributed by atoms with Crippen LogP contribution >= 0.6 is 11.3 Å². The van der Waals surface area contributed by atoms with E-state index in [4.69, 9.17) is 0 Å². The van der Waals surface area contributed by atoms with E-state index in [-0.39, 0.29) is 17.5 Å². The lowest BCUT2D eigenvalue weighted by molar-refractivity contribution is 0.0941. The van der Waals surface area contributed by atoms with Crippen molar-refractivity contribution in [1.82, 2.24) is 20.1 Å². The Kier molecular flexibility index (Phi) is 4.04. The normalized spacial score (nSPS) is 12.5. The topological polar surface area (TPSA) is 79.8 Å². The van der Waals surface area contributed by atoms with Crippen LogP contribution in [0.1, 0.15) is 27.9 Å². The lowest BCUT2D eigenvalue weighted by Gasteiger charge is -2.13. The Morgan fingerprint density at radius 2 is 2.30 bits per heavy atom. The maximum atomic E-state index is 12.6. The van der Waals surface area contributed by atoms with Gasteiger partial charge in [0.05, 0.1) is 10.9 Å². The highest BCUT2D eigenvalue weighted by Crippen LogP contribution is 2.15. The van der Waals surface area contributed by atoms with Gasteiger partial charge in [-0.3, -0.25) is 19.4 Å². The fourth-order valence-corrected chi connectivity index (χ4v) is 3.48. The van der Waals surface area contributed by atoms with Gasteiger partial charge in [-0.05, 0) is 31.4 Å². The number of fused-ring (bicyclic) bond motifs is 1. The number of H-pyrrole nitrogens is 1. The van der Waals surface area contributed by atoms with E-state index in [2.05, 4.69) is 15.4 Å². The van der Waals surface area contributed by atoms with Crippen molar-refractivity contribution >= 4 is 28.3 Å². The number of pyridine rings is 1. The first-order valence-electron chi connectivity index (χ1n) is 7.35. The molecule has 0 aliphatic rings. The lowest BCUT2D eigenvalue weighted by Crippen LogP contribution is -2.34. The summed E-state index contributed by atoms with van der Waals surface area (Å²) in [5, 5.41) is 7.97. The van der Waals surface area contributed by atoms with Gasteiger partial charge >= 0.3 is 0 Å². The third-order valence-electron chi connectivity index (χ3n) is 3.65. The summed E-state index contributed by atoms with van der Waals surface area (Å²) in [5.74, 6) is -0.249. The van der Waals surface area contributed by atoms with Crippen molar-refractivity contribution in [3.05, 3.63) is 50.1 Å². The molecule has 1 amide bonds. The number of thiophene rings is 1. The molecule has 7 heteroatoms. The third-order valence-corrected chi connectivity index (χ3v) is 4.55. The molecule has 6 nitrogen and oxygen atoms in total. The van der Waals surface area contributed by atoms with Gasteiger partial charge in [-0.15, -0.1) is 11.3 Å². The van der Waals surface area contributed by atoms with Crippen LogP contribution in [0, 0.1) is 6.92 Å². The molecule has 0 bridgehead atoms. The molecular weight excluding hydrogens is 312 g/mol. The second-order valence-electron chi connectivity index (χ2n) is 5.67. The molecule has 0 spiro atoms. The molecule has 0 aliphatic heterocycles. The summed E-state index contributed by atoms with van der Waals surface area (Å²) < 4.78 is 1.54. The highest BCUT2D eigenvalue weighted by molar-refractivity contribution is 7.09. The van der Waals surface area contributed by atoms with E-state index >= 15 is 0 Å². The summed E-state index contributed by atoms with van der Waals surface area (Å²) in [6, 6.07) is 5.68. The zero-order valence-electron chi connectivity index (χ0n) is 13.2. The van der Waals surface area contributed by atoms with Gasteiger partial charge in [0.2, 0.25) is 0 Å². The molecule has 0 aromatic carbocycles. The molecule has 3 heterocycles. The van der Waals surface area contributed by atoms with Crippen LogP contribution in [-0.4, -0.2) is 26.7 Å². The zero-order chi connectivity index (χ0) is 16.6. The van der Waals surface area contributed by atoms with E-state index in [0.717, 1.165) is 6.42 Å². The Hall–Kier alpha value is -2.41. The number of rotatable bonds is 4. The van der Waals surface area contributed by atoms with E-state index in [1.807, 2.05) is 31.4 Å². The summed E-state index contributed by atoms with van der Waals surface area (Å²) in [4.78, 5) is 30.2. The van der Waals surface area contributed by atoms with Crippen LogP contribution in [0.4, 0.5) is 0 Å². The number of carbonyl (C=O) groups excluding carboxylic acids is 1. The number of hydrogen-bond donors (Lipinski definition) is 2. The van der Waals surface area contributed by atoms with Crippen molar-refractivity contribution in [2.24, 2.45) is 7.05 Å². The second kappa shape index (κ2) is 6.00. The zero-order valence-corrected chi connectivity index (χ0v) is 14.0. The van der Waals surface area contributed by atoms with Gasteiger partial charge in [0, 0.05) is 30.1 Å². The van der Waals surface area contributed by atoms with E-state index in [9.17, 15) is 9.59 Å². The van der Waals surface area contributed by atoms with Crippen LogP contribution in [0.5, 0.6) is 0 Å². The summed E-state index contributed by atoms with van der Waals surface area (Å²) in [7, 11) is 1.71. The Bertz CT molecular complexity index is 908. The Morgan fingerprint density at radius 1 is 1.52 bits per heavy atom. The number of aromatic nitrogens is 3. The molecule has 23 heavy (non-hydrogen) atoms. The molecule has 1 atom stereocenters. The van der Waals surface area contributed by atoms with Crippen LogP contribution in [-0.2, 0) is 13.5 Å². The maximum absolute atomic E-state index is 12.6. The summed E-state index contributed by atoms with van der Waals surface area (Å²) >= 11 is 1.67. The van der Waals surface area contributed by atoms with Crippen molar-refractivity contribution in [1.29, 1.82) is 0 Å². The fraction of sp³-hybridized carbons (Fsp3) is 0.312. The van der Waals surface area contributed by atoms with Gasteiger partial charge in [-0.25, -0.2) is 4.98 Å². The first-order valence-corrected chi connectivity index (χ1v) is 8.23. The predicted molar refractivity (Wildman–Crippen MR) is 91.0 cm³/mol. The van der Waals surface area contributed by atoms with Crippen molar-refractivity contribution in [3.63, 3.8) is 0 Å². The van der Waals surface area contributed by atoms with Crippen molar-refractivity contribution < 1.29 is 4.79 Å². The van der Waals surface area contributed by atoms with Gasteiger partial charge in [-0.2, -0.15) is 0 Å². The molecule has 0 radical (unpaired) electrons. The Labute approximate surface area is 137 Å². The molecule has 0 saturated heterocycles. The van der Waals surface area contributed by atoms with E-state index < -0.39 is 0 Å². The summed E-state index contributed by atoms with van der Waals surface area (Å²) in [6.07, 6.45) is 0.766. The van der Waals surface area contributed by atoms with Crippen LogP contribution in [0.2, 0.25) is 0 Å². The van der Waals surface area contributed by atoms with E-state index in [1.54, 1.807) is 24.5 Å². The van der Waals surface area contributed by atoms with Crippen molar-refractivity contribution in [2.45, 2.75) is 26.3 Å². The largest absolute Gasteiger partial charge is 0.349 e. The van der Waals surface area contributed by atoms with Crippen LogP contribution in [0.25, 0.3) is 11.0 Å². The third kappa shape index (κ3) is 3.05. The molecule has 120 valence electrons. The Balaban J connectivity index is 1.90. The molecule has 0 unspecified atom stereocenters. The quantitative estimate of drug-likeness (QED) is 0.768. The van der Waals surface area contributed by atoms with Crippen LogP contribution < -0.4 is 10.9 Å². The minimum absolute atomic E-state index is 0.0209. The van der Waals surface area contributed by atoms with Gasteiger partial charge < -0.3 is 5.32 Å². The van der Waals surface area contributed by atoms with Gasteiger partial charge in [0.15, 0.2) is 5.65 Å². The number of hydrogen-bond acceptors (Lipinski definition) is 4. The molecule has 3 aromatic heterocycles. The second-order valence-corrected chi connectivity index (χ2v) is 6.70. The summed E-state index contributed by atoms with van der Waals surface area (Å²) in [6.45, 7) is 3.76. The highest BCUT2D eigenvalue weighted by Gasteiger charge is 2.19. The number of aryl methyl sites for hydroxylation is 2.